The van der Waals surface area contributed by atoms with E-state index in [4.69, 9.17) is 21.1 Å². The van der Waals surface area contributed by atoms with Crippen LogP contribution in [0.25, 0.3) is 0 Å². The quantitative estimate of drug-likeness (QED) is 0.775. The molecule has 1 unspecified atom stereocenters. The summed E-state index contributed by atoms with van der Waals surface area (Å²) in [5, 5.41) is 5.51. The van der Waals surface area contributed by atoms with Crippen molar-refractivity contribution < 1.29 is 19.1 Å². The summed E-state index contributed by atoms with van der Waals surface area (Å²) in [6.07, 6.45) is -0.405. The minimum atomic E-state index is -0.775. The molecule has 7 heteroatoms. The van der Waals surface area contributed by atoms with Gasteiger partial charge in [0.2, 0.25) is 0 Å². The van der Waals surface area contributed by atoms with Crippen molar-refractivity contribution in [3.05, 3.63) is 59.1 Å². The van der Waals surface area contributed by atoms with Crippen LogP contribution in [-0.4, -0.2) is 32.6 Å². The van der Waals surface area contributed by atoms with Crippen molar-refractivity contribution in [3.63, 3.8) is 0 Å². The molecular formula is C18H19ClN2O4. The molecule has 0 spiro atoms. The Balaban J connectivity index is 1.93. The first-order chi connectivity index (χ1) is 12.0. The molecule has 25 heavy (non-hydrogen) atoms. The van der Waals surface area contributed by atoms with Crippen LogP contribution in [0.1, 0.15) is 11.7 Å². The highest BCUT2D eigenvalue weighted by molar-refractivity contribution is 6.39. The summed E-state index contributed by atoms with van der Waals surface area (Å²) in [6.45, 7) is 0.144. The lowest BCUT2D eigenvalue weighted by Crippen LogP contribution is -2.37. The third-order valence-electron chi connectivity index (χ3n) is 3.49. The van der Waals surface area contributed by atoms with Crippen LogP contribution in [0.3, 0.4) is 0 Å². The minimum Gasteiger partial charge on any atom is -0.497 e. The molecule has 0 radical (unpaired) electrons. The summed E-state index contributed by atoms with van der Waals surface area (Å²) in [5.41, 5.74) is 1.28. The van der Waals surface area contributed by atoms with Crippen LogP contribution < -0.4 is 15.4 Å². The van der Waals surface area contributed by atoms with Crippen molar-refractivity contribution in [1.29, 1.82) is 0 Å². The van der Waals surface area contributed by atoms with Crippen molar-refractivity contribution in [2.45, 2.75) is 6.10 Å². The number of methoxy groups -OCH3 is 2. The lowest BCUT2D eigenvalue weighted by Gasteiger charge is -2.17. The monoisotopic (exact) mass is 362 g/mol. The summed E-state index contributed by atoms with van der Waals surface area (Å²) in [7, 11) is 3.10. The summed E-state index contributed by atoms with van der Waals surface area (Å²) in [4.78, 5) is 23.9. The van der Waals surface area contributed by atoms with Crippen LogP contribution in [0.5, 0.6) is 5.75 Å². The van der Waals surface area contributed by atoms with E-state index in [9.17, 15) is 9.59 Å². The number of hydrogen-bond acceptors (Lipinski definition) is 4. The zero-order valence-corrected chi connectivity index (χ0v) is 14.7. The average Bonchev–Trinajstić information content (AvgIpc) is 2.62. The SMILES string of the molecule is COc1cccc(C(CNC(=O)C(=O)Nc2cccc(Cl)c2)OC)c1. The van der Waals surface area contributed by atoms with E-state index in [1.54, 1.807) is 31.4 Å². The van der Waals surface area contributed by atoms with Crippen LogP contribution in [-0.2, 0) is 14.3 Å². The molecule has 0 bridgehead atoms. The van der Waals surface area contributed by atoms with Crippen molar-refractivity contribution in [3.8, 4) is 5.75 Å². The number of nitrogens with one attached hydrogen (secondary N) is 2. The third kappa shape index (κ3) is 5.48. The molecule has 1 atom stereocenters. The molecule has 0 aromatic heterocycles. The molecule has 0 aliphatic heterocycles. The van der Waals surface area contributed by atoms with E-state index in [2.05, 4.69) is 10.6 Å². The maximum atomic E-state index is 12.0. The summed E-state index contributed by atoms with van der Waals surface area (Å²) < 4.78 is 10.6. The maximum absolute atomic E-state index is 12.0. The Labute approximate surface area is 151 Å². The highest BCUT2D eigenvalue weighted by Gasteiger charge is 2.17. The molecule has 2 aromatic carbocycles. The molecule has 0 heterocycles. The van der Waals surface area contributed by atoms with Gasteiger partial charge in [-0.05, 0) is 35.9 Å². The van der Waals surface area contributed by atoms with E-state index < -0.39 is 17.9 Å². The molecule has 0 aliphatic carbocycles. The Morgan fingerprint density at radius 3 is 2.52 bits per heavy atom. The van der Waals surface area contributed by atoms with E-state index in [0.717, 1.165) is 5.56 Å². The lowest BCUT2D eigenvalue weighted by molar-refractivity contribution is -0.136. The van der Waals surface area contributed by atoms with E-state index in [-0.39, 0.29) is 6.54 Å². The normalized spacial score (nSPS) is 11.5. The number of carbonyl (C=O) groups is 2. The van der Waals surface area contributed by atoms with Crippen molar-refractivity contribution >= 4 is 29.1 Å². The second-order valence-electron chi connectivity index (χ2n) is 5.18. The molecule has 0 saturated carbocycles. The van der Waals surface area contributed by atoms with Gasteiger partial charge in [0, 0.05) is 24.4 Å². The van der Waals surface area contributed by atoms with E-state index in [1.807, 2.05) is 24.3 Å². The Kier molecular flexibility index (Phi) is 6.80. The second kappa shape index (κ2) is 9.05. The molecule has 0 aliphatic rings. The average molecular weight is 363 g/mol. The summed E-state index contributed by atoms with van der Waals surface area (Å²) in [5.74, 6) is -0.850. The van der Waals surface area contributed by atoms with E-state index in [0.29, 0.717) is 16.5 Å². The van der Waals surface area contributed by atoms with Gasteiger partial charge in [-0.1, -0.05) is 29.8 Å². The fraction of sp³-hybridized carbons (Fsp3) is 0.222. The zero-order valence-electron chi connectivity index (χ0n) is 13.9. The van der Waals surface area contributed by atoms with Gasteiger partial charge in [-0.15, -0.1) is 0 Å². The molecule has 2 amide bonds. The number of carbonyl (C=O) groups excluding carboxylic acids is 2. The van der Waals surface area contributed by atoms with Gasteiger partial charge in [-0.2, -0.15) is 0 Å². The number of anilines is 1. The van der Waals surface area contributed by atoms with Gasteiger partial charge in [0.25, 0.3) is 0 Å². The van der Waals surface area contributed by atoms with Gasteiger partial charge in [0.05, 0.1) is 13.2 Å². The summed E-state index contributed by atoms with van der Waals surface area (Å²) >= 11 is 5.84. The highest BCUT2D eigenvalue weighted by atomic mass is 35.5. The van der Waals surface area contributed by atoms with E-state index >= 15 is 0 Å². The predicted molar refractivity (Wildman–Crippen MR) is 95.8 cm³/mol. The van der Waals surface area contributed by atoms with Crippen molar-refractivity contribution in [2.75, 3.05) is 26.1 Å². The number of ether oxygens (including phenoxy) is 2. The topological polar surface area (TPSA) is 76.7 Å². The Bertz CT molecular complexity index is 751. The third-order valence-corrected chi connectivity index (χ3v) is 3.72. The molecule has 132 valence electrons. The molecule has 2 aromatic rings. The van der Waals surface area contributed by atoms with Crippen LogP contribution in [0.4, 0.5) is 5.69 Å². The molecule has 2 rings (SSSR count). The number of amides is 2. The maximum Gasteiger partial charge on any atom is 0.313 e. The second-order valence-corrected chi connectivity index (χ2v) is 5.61. The smallest absolute Gasteiger partial charge is 0.313 e. The zero-order chi connectivity index (χ0) is 18.2. The molecular weight excluding hydrogens is 344 g/mol. The van der Waals surface area contributed by atoms with Gasteiger partial charge in [-0.25, -0.2) is 0 Å². The fourth-order valence-corrected chi connectivity index (χ4v) is 2.39. The van der Waals surface area contributed by atoms with Crippen molar-refractivity contribution in [1.82, 2.24) is 5.32 Å². The Hall–Kier alpha value is -2.57. The van der Waals surface area contributed by atoms with Gasteiger partial charge in [0.15, 0.2) is 0 Å². The number of halogens is 1. The molecule has 0 fully saturated rings. The minimum absolute atomic E-state index is 0.144. The Morgan fingerprint density at radius 2 is 1.84 bits per heavy atom. The van der Waals surface area contributed by atoms with Crippen LogP contribution >= 0.6 is 11.6 Å². The van der Waals surface area contributed by atoms with Crippen LogP contribution in [0, 0.1) is 0 Å². The molecule has 0 saturated heterocycles. The van der Waals surface area contributed by atoms with E-state index in [1.165, 1.54) is 7.11 Å². The first kappa shape index (κ1) is 18.8. The highest BCUT2D eigenvalue weighted by Crippen LogP contribution is 2.21. The van der Waals surface area contributed by atoms with Gasteiger partial charge in [-0.3, -0.25) is 9.59 Å². The molecule has 2 N–H and O–H groups in total. The standard InChI is InChI=1S/C18H19ClN2O4/c1-24-15-8-3-5-12(9-15)16(25-2)11-20-17(22)18(23)21-14-7-4-6-13(19)10-14/h3-10,16H,11H2,1-2H3,(H,20,22)(H,21,23). The Morgan fingerprint density at radius 1 is 1.08 bits per heavy atom. The number of rotatable bonds is 6. The first-order valence-electron chi connectivity index (χ1n) is 7.55. The fourth-order valence-electron chi connectivity index (χ4n) is 2.20. The number of hydrogen-bond donors (Lipinski definition) is 2. The summed E-state index contributed by atoms with van der Waals surface area (Å²) in [6, 6.07) is 13.9. The largest absolute Gasteiger partial charge is 0.497 e. The predicted octanol–water partition coefficient (Wildman–Crippen LogP) is 2.79. The number of benzene rings is 2. The molecule has 6 nitrogen and oxygen atoms in total. The van der Waals surface area contributed by atoms with Gasteiger partial charge >= 0.3 is 11.8 Å². The van der Waals surface area contributed by atoms with Gasteiger partial charge in [0.1, 0.15) is 5.75 Å². The first-order valence-corrected chi connectivity index (χ1v) is 7.92. The van der Waals surface area contributed by atoms with Gasteiger partial charge < -0.3 is 20.1 Å². The van der Waals surface area contributed by atoms with Crippen LogP contribution in [0.2, 0.25) is 5.02 Å². The van der Waals surface area contributed by atoms with Crippen LogP contribution in [0.15, 0.2) is 48.5 Å². The van der Waals surface area contributed by atoms with Crippen molar-refractivity contribution in [2.24, 2.45) is 0 Å². The lowest BCUT2D eigenvalue weighted by atomic mass is 10.1.